The van der Waals surface area contributed by atoms with Gasteiger partial charge in [-0.1, -0.05) is 44.2 Å². The number of imidazole rings is 1. The van der Waals surface area contributed by atoms with Crippen LogP contribution in [0.4, 0.5) is 4.79 Å². The van der Waals surface area contributed by atoms with Crippen LogP contribution in [0, 0.1) is 5.92 Å². The Morgan fingerprint density at radius 3 is 2.58 bits per heavy atom. The van der Waals surface area contributed by atoms with Crippen LogP contribution >= 0.6 is 11.8 Å². The number of urea groups is 1. The van der Waals surface area contributed by atoms with Gasteiger partial charge in [0.1, 0.15) is 11.2 Å². The Morgan fingerprint density at radius 1 is 1.27 bits per heavy atom. The van der Waals surface area contributed by atoms with Crippen LogP contribution in [-0.2, 0) is 26.7 Å². The lowest BCUT2D eigenvalue weighted by Crippen LogP contribution is -2.65. The standard InChI is InChI=1S/C27H42N6O5S2/c1-20(2)10-12-32(25(36)31-26(3,4)33-13-11-29-18-33)15-23(34)22(14-21-8-6-5-7-9-21)30-24(35)27(28)16-39-19-40(37,38)17-27/h5-9,11,13,18,20,22-23,34H,10,12,14-17,19,28H2,1-4H3,(H,30,35)(H,31,36)/t22-,23+,27?/m0/s1. The highest BCUT2D eigenvalue weighted by Gasteiger charge is 2.43. The van der Waals surface area contributed by atoms with Gasteiger partial charge in [-0.25, -0.2) is 18.2 Å². The van der Waals surface area contributed by atoms with E-state index in [1.807, 2.05) is 44.2 Å². The lowest BCUT2D eigenvalue weighted by atomic mass is 9.98. The Bertz CT molecular complexity index is 1220. The average Bonchev–Trinajstić information content (AvgIpc) is 3.42. The van der Waals surface area contributed by atoms with E-state index in [1.54, 1.807) is 28.2 Å². The van der Waals surface area contributed by atoms with Crippen LogP contribution in [0.1, 0.15) is 39.7 Å². The average molecular weight is 595 g/mol. The lowest BCUT2D eigenvalue weighted by Gasteiger charge is -2.36. The number of aromatic nitrogens is 2. The number of rotatable bonds is 12. The molecule has 1 unspecified atom stereocenters. The van der Waals surface area contributed by atoms with Gasteiger partial charge in [-0.15, -0.1) is 11.8 Å². The number of nitrogens with two attached hydrogens (primary N) is 1. The van der Waals surface area contributed by atoms with Crippen LogP contribution in [0.25, 0.3) is 0 Å². The number of amides is 3. The molecule has 1 aliphatic heterocycles. The summed E-state index contributed by atoms with van der Waals surface area (Å²) in [6, 6.07) is 8.15. The molecule has 1 aromatic heterocycles. The van der Waals surface area contributed by atoms with Crippen LogP contribution in [0.2, 0.25) is 0 Å². The van der Waals surface area contributed by atoms with E-state index >= 15 is 0 Å². The topological polar surface area (TPSA) is 160 Å². The lowest BCUT2D eigenvalue weighted by molar-refractivity contribution is -0.126. The summed E-state index contributed by atoms with van der Waals surface area (Å²) in [5.74, 6) is -0.628. The molecule has 5 N–H and O–H groups in total. The number of aliphatic hydroxyl groups excluding tert-OH is 1. The third-order valence-electron chi connectivity index (χ3n) is 6.87. The molecule has 0 bridgehead atoms. The van der Waals surface area contributed by atoms with Crippen molar-refractivity contribution in [3.05, 3.63) is 54.6 Å². The van der Waals surface area contributed by atoms with Crippen molar-refractivity contribution in [2.24, 2.45) is 11.7 Å². The van der Waals surface area contributed by atoms with Gasteiger partial charge in [-0.05, 0) is 38.2 Å². The molecule has 13 heteroatoms. The predicted molar refractivity (Wildman–Crippen MR) is 157 cm³/mol. The van der Waals surface area contributed by atoms with E-state index in [0.29, 0.717) is 18.9 Å². The largest absolute Gasteiger partial charge is 0.389 e. The highest BCUT2D eigenvalue weighted by molar-refractivity contribution is 8.13. The van der Waals surface area contributed by atoms with Crippen molar-refractivity contribution in [2.45, 2.75) is 63.9 Å². The molecule has 222 valence electrons. The van der Waals surface area contributed by atoms with Crippen molar-refractivity contribution in [1.29, 1.82) is 0 Å². The molecular weight excluding hydrogens is 552 g/mol. The Morgan fingerprint density at radius 2 is 1.98 bits per heavy atom. The van der Waals surface area contributed by atoms with Gasteiger partial charge in [-0.2, -0.15) is 0 Å². The maximum absolute atomic E-state index is 13.5. The number of nitrogens with one attached hydrogen (secondary N) is 2. The molecule has 0 radical (unpaired) electrons. The summed E-state index contributed by atoms with van der Waals surface area (Å²) in [6.45, 7) is 8.13. The highest BCUT2D eigenvalue weighted by Crippen LogP contribution is 2.24. The molecule has 40 heavy (non-hydrogen) atoms. The summed E-state index contributed by atoms with van der Waals surface area (Å²) in [7, 11) is -3.49. The van der Waals surface area contributed by atoms with E-state index in [2.05, 4.69) is 29.5 Å². The second-order valence-electron chi connectivity index (χ2n) is 11.4. The Labute approximate surface area is 241 Å². The molecule has 2 aromatic rings. The number of sulfone groups is 1. The zero-order chi connectivity index (χ0) is 29.6. The SMILES string of the molecule is CC(C)CCN(C[C@@H](O)[C@H](Cc1ccccc1)NC(=O)C1(N)CSCS(=O)(=O)C1)C(=O)NC(C)(C)n1ccnc1. The maximum atomic E-state index is 13.5. The van der Waals surface area contributed by atoms with Gasteiger partial charge in [-0.3, -0.25) is 4.79 Å². The number of aliphatic hydroxyl groups is 1. The Kier molecular flexibility index (Phi) is 10.7. The number of thioether (sulfide) groups is 1. The first-order valence-electron chi connectivity index (χ1n) is 13.4. The number of benzene rings is 1. The van der Waals surface area contributed by atoms with Crippen LogP contribution in [0.3, 0.4) is 0 Å². The molecule has 1 fully saturated rings. The van der Waals surface area contributed by atoms with Crippen LogP contribution < -0.4 is 16.4 Å². The fraction of sp³-hybridized carbons (Fsp3) is 0.593. The number of hydrogen-bond acceptors (Lipinski definition) is 8. The van der Waals surface area contributed by atoms with Gasteiger partial charge in [0.15, 0.2) is 9.84 Å². The molecule has 1 saturated heterocycles. The molecule has 2 heterocycles. The predicted octanol–water partition coefficient (Wildman–Crippen LogP) is 1.54. The molecule has 0 saturated carbocycles. The van der Waals surface area contributed by atoms with Gasteiger partial charge in [0.05, 0.1) is 35.9 Å². The van der Waals surface area contributed by atoms with Crippen molar-refractivity contribution in [1.82, 2.24) is 25.1 Å². The summed E-state index contributed by atoms with van der Waals surface area (Å²) < 4.78 is 26.3. The van der Waals surface area contributed by atoms with E-state index in [-0.39, 0.29) is 29.8 Å². The molecular formula is C27H42N6O5S2. The van der Waals surface area contributed by atoms with Crippen LogP contribution in [-0.4, -0.2) is 87.3 Å². The maximum Gasteiger partial charge on any atom is 0.319 e. The first-order chi connectivity index (χ1) is 18.7. The van der Waals surface area contributed by atoms with Gasteiger partial charge >= 0.3 is 6.03 Å². The first-order valence-corrected chi connectivity index (χ1v) is 16.3. The van der Waals surface area contributed by atoms with E-state index in [1.165, 1.54) is 0 Å². The second-order valence-corrected chi connectivity index (χ2v) is 14.9. The second kappa shape index (κ2) is 13.4. The Hall–Kier alpha value is -2.61. The third-order valence-corrected chi connectivity index (χ3v) is 10.6. The van der Waals surface area contributed by atoms with E-state index in [4.69, 9.17) is 5.73 Å². The molecule has 0 spiro atoms. The number of nitrogens with zero attached hydrogens (tertiary/aromatic N) is 3. The van der Waals surface area contributed by atoms with Crippen LogP contribution in [0.15, 0.2) is 49.1 Å². The monoisotopic (exact) mass is 594 g/mol. The normalized spacial score (nSPS) is 20.5. The summed E-state index contributed by atoms with van der Waals surface area (Å²) in [5, 5.41) is 17.2. The molecule has 3 atom stereocenters. The molecule has 11 nitrogen and oxygen atoms in total. The fourth-order valence-corrected chi connectivity index (χ4v) is 7.89. The van der Waals surface area contributed by atoms with Gasteiger partial charge in [0, 0.05) is 24.7 Å². The number of carbonyl (C=O) groups is 2. The molecule has 3 rings (SSSR count). The summed E-state index contributed by atoms with van der Waals surface area (Å²) in [4.78, 5) is 32.4. The minimum Gasteiger partial charge on any atom is -0.389 e. The highest BCUT2D eigenvalue weighted by atomic mass is 32.3. The van der Waals surface area contributed by atoms with E-state index in [0.717, 1.165) is 17.3 Å². The van der Waals surface area contributed by atoms with Gasteiger partial charge in [0.25, 0.3) is 0 Å². The molecule has 3 amide bonds. The van der Waals surface area contributed by atoms with Crippen molar-refractivity contribution in [3.8, 4) is 0 Å². The van der Waals surface area contributed by atoms with E-state index < -0.39 is 44.8 Å². The summed E-state index contributed by atoms with van der Waals surface area (Å²) >= 11 is 1.10. The number of hydrogen-bond donors (Lipinski definition) is 4. The van der Waals surface area contributed by atoms with Crippen molar-refractivity contribution in [2.75, 3.05) is 29.7 Å². The number of carbonyl (C=O) groups excluding carboxylic acids is 2. The van der Waals surface area contributed by atoms with Crippen LogP contribution in [0.5, 0.6) is 0 Å². The first kappa shape index (κ1) is 31.9. The fourth-order valence-electron chi connectivity index (χ4n) is 4.46. The third kappa shape index (κ3) is 8.95. The van der Waals surface area contributed by atoms with Gasteiger partial charge < -0.3 is 30.9 Å². The molecule has 1 aromatic carbocycles. The quantitative estimate of drug-likeness (QED) is 0.288. The zero-order valence-electron chi connectivity index (χ0n) is 23.6. The van der Waals surface area contributed by atoms with Crippen molar-refractivity contribution in [3.63, 3.8) is 0 Å². The summed E-state index contributed by atoms with van der Waals surface area (Å²) in [6.07, 6.45) is 4.82. The molecule has 0 aliphatic carbocycles. The van der Waals surface area contributed by atoms with E-state index in [9.17, 15) is 23.1 Å². The zero-order valence-corrected chi connectivity index (χ0v) is 25.2. The van der Waals surface area contributed by atoms with Crippen molar-refractivity contribution >= 4 is 33.5 Å². The van der Waals surface area contributed by atoms with Gasteiger partial charge in [0.2, 0.25) is 5.91 Å². The smallest absolute Gasteiger partial charge is 0.319 e. The molecule has 1 aliphatic rings. The minimum atomic E-state index is -3.49. The minimum absolute atomic E-state index is 0.0546. The summed E-state index contributed by atoms with van der Waals surface area (Å²) in [5.41, 5.74) is 4.77. The Balaban J connectivity index is 1.81. The van der Waals surface area contributed by atoms with Crippen molar-refractivity contribution < 1.29 is 23.1 Å².